The summed E-state index contributed by atoms with van der Waals surface area (Å²) in [7, 11) is 0. The van der Waals surface area contributed by atoms with Gasteiger partial charge in [-0.2, -0.15) is 0 Å². The van der Waals surface area contributed by atoms with Crippen molar-refractivity contribution in [2.45, 2.75) is 57.9 Å². The number of hydrogen-bond acceptors (Lipinski definition) is 2. The molecule has 1 rings (SSSR count). The van der Waals surface area contributed by atoms with E-state index in [-0.39, 0.29) is 0 Å². The Labute approximate surface area is 99.3 Å². The molecule has 1 aromatic heterocycles. The first-order chi connectivity index (χ1) is 7.83. The van der Waals surface area contributed by atoms with Crippen molar-refractivity contribution in [2.75, 3.05) is 0 Å². The minimum Gasteiger partial charge on any atom is -0.327 e. The van der Waals surface area contributed by atoms with E-state index >= 15 is 0 Å². The summed E-state index contributed by atoms with van der Waals surface area (Å²) in [5.74, 6) is 0. The molecule has 1 unspecified atom stereocenters. The largest absolute Gasteiger partial charge is 0.327 e. The summed E-state index contributed by atoms with van der Waals surface area (Å²) < 4.78 is 0. The third-order valence-corrected chi connectivity index (χ3v) is 2.93. The van der Waals surface area contributed by atoms with Crippen LogP contribution in [0.15, 0.2) is 24.5 Å². The van der Waals surface area contributed by atoms with Crippen LogP contribution in [0.3, 0.4) is 0 Å². The summed E-state index contributed by atoms with van der Waals surface area (Å²) in [6.45, 7) is 2.25. The number of rotatable bonds is 8. The SMILES string of the molecule is CCCCCCCC(N)Cc1ccncc1. The lowest BCUT2D eigenvalue weighted by atomic mass is 10.0. The smallest absolute Gasteiger partial charge is 0.0270 e. The van der Waals surface area contributed by atoms with Gasteiger partial charge in [-0.15, -0.1) is 0 Å². The van der Waals surface area contributed by atoms with Crippen LogP contribution in [0.25, 0.3) is 0 Å². The van der Waals surface area contributed by atoms with Crippen LogP contribution in [-0.4, -0.2) is 11.0 Å². The number of unbranched alkanes of at least 4 members (excludes halogenated alkanes) is 4. The molecule has 0 fully saturated rings. The van der Waals surface area contributed by atoms with E-state index in [0.29, 0.717) is 6.04 Å². The molecule has 90 valence electrons. The highest BCUT2D eigenvalue weighted by Gasteiger charge is 2.03. The summed E-state index contributed by atoms with van der Waals surface area (Å²) in [4.78, 5) is 4.01. The lowest BCUT2D eigenvalue weighted by molar-refractivity contribution is 0.538. The highest BCUT2D eigenvalue weighted by Crippen LogP contribution is 2.09. The predicted octanol–water partition coefficient (Wildman–Crippen LogP) is 3.31. The highest BCUT2D eigenvalue weighted by molar-refractivity contribution is 5.10. The molecule has 0 radical (unpaired) electrons. The number of aromatic nitrogens is 1. The van der Waals surface area contributed by atoms with E-state index < -0.39 is 0 Å². The van der Waals surface area contributed by atoms with Crippen molar-refractivity contribution >= 4 is 0 Å². The van der Waals surface area contributed by atoms with Crippen LogP contribution < -0.4 is 5.73 Å². The second-order valence-corrected chi connectivity index (χ2v) is 4.52. The summed E-state index contributed by atoms with van der Waals surface area (Å²) in [5, 5.41) is 0. The molecule has 0 aliphatic heterocycles. The third-order valence-electron chi connectivity index (χ3n) is 2.93. The molecule has 1 atom stereocenters. The van der Waals surface area contributed by atoms with Gasteiger partial charge < -0.3 is 5.73 Å². The molecular weight excluding hydrogens is 196 g/mol. The minimum atomic E-state index is 0.309. The fourth-order valence-electron chi connectivity index (χ4n) is 1.93. The molecule has 1 heterocycles. The molecule has 2 heteroatoms. The molecule has 1 aromatic rings. The molecule has 0 bridgehead atoms. The van der Waals surface area contributed by atoms with Crippen molar-refractivity contribution in [3.8, 4) is 0 Å². The summed E-state index contributed by atoms with van der Waals surface area (Å²) in [6, 6.07) is 4.41. The molecule has 0 aliphatic carbocycles. The maximum Gasteiger partial charge on any atom is 0.0270 e. The highest BCUT2D eigenvalue weighted by atomic mass is 14.6. The number of nitrogens with two attached hydrogens (primary N) is 1. The van der Waals surface area contributed by atoms with Crippen LogP contribution in [0.2, 0.25) is 0 Å². The van der Waals surface area contributed by atoms with Gasteiger partial charge in [-0.25, -0.2) is 0 Å². The monoisotopic (exact) mass is 220 g/mol. The van der Waals surface area contributed by atoms with Crippen molar-refractivity contribution in [3.63, 3.8) is 0 Å². The van der Waals surface area contributed by atoms with Crippen molar-refractivity contribution in [1.82, 2.24) is 4.98 Å². The lowest BCUT2D eigenvalue weighted by Gasteiger charge is -2.11. The van der Waals surface area contributed by atoms with Gasteiger partial charge in [0.1, 0.15) is 0 Å². The summed E-state index contributed by atoms with van der Waals surface area (Å²) in [6.07, 6.45) is 12.4. The van der Waals surface area contributed by atoms with E-state index in [1.807, 2.05) is 12.4 Å². The zero-order valence-corrected chi connectivity index (χ0v) is 10.4. The van der Waals surface area contributed by atoms with Crippen molar-refractivity contribution in [3.05, 3.63) is 30.1 Å². The normalized spacial score (nSPS) is 12.6. The fraction of sp³-hybridized carbons (Fsp3) is 0.643. The maximum absolute atomic E-state index is 6.10. The first-order valence-electron chi connectivity index (χ1n) is 6.47. The Morgan fingerprint density at radius 1 is 1.12 bits per heavy atom. The zero-order chi connectivity index (χ0) is 11.6. The van der Waals surface area contributed by atoms with Gasteiger partial charge in [-0.3, -0.25) is 4.98 Å². The molecule has 16 heavy (non-hydrogen) atoms. The quantitative estimate of drug-likeness (QED) is 0.683. The van der Waals surface area contributed by atoms with E-state index in [2.05, 4.69) is 24.0 Å². The van der Waals surface area contributed by atoms with Crippen LogP contribution in [0.5, 0.6) is 0 Å². The molecule has 0 saturated carbocycles. The Morgan fingerprint density at radius 3 is 2.50 bits per heavy atom. The minimum absolute atomic E-state index is 0.309. The van der Waals surface area contributed by atoms with E-state index in [4.69, 9.17) is 5.73 Å². The Bertz CT molecular complexity index is 259. The van der Waals surface area contributed by atoms with Crippen LogP contribution in [0.4, 0.5) is 0 Å². The first-order valence-corrected chi connectivity index (χ1v) is 6.47. The van der Waals surface area contributed by atoms with Gasteiger partial charge in [0.15, 0.2) is 0 Å². The van der Waals surface area contributed by atoms with Crippen LogP contribution >= 0.6 is 0 Å². The van der Waals surface area contributed by atoms with Crippen molar-refractivity contribution < 1.29 is 0 Å². The zero-order valence-electron chi connectivity index (χ0n) is 10.4. The van der Waals surface area contributed by atoms with E-state index in [0.717, 1.165) is 12.8 Å². The second-order valence-electron chi connectivity index (χ2n) is 4.52. The summed E-state index contributed by atoms with van der Waals surface area (Å²) in [5.41, 5.74) is 7.40. The number of nitrogens with zero attached hydrogens (tertiary/aromatic N) is 1. The first kappa shape index (κ1) is 13.2. The number of hydrogen-bond donors (Lipinski definition) is 1. The van der Waals surface area contributed by atoms with Crippen LogP contribution in [-0.2, 0) is 6.42 Å². The average Bonchev–Trinajstić information content (AvgIpc) is 2.30. The molecule has 2 nitrogen and oxygen atoms in total. The van der Waals surface area contributed by atoms with Crippen molar-refractivity contribution in [2.24, 2.45) is 5.73 Å². The standard InChI is InChI=1S/C14H24N2/c1-2-3-4-5-6-7-14(15)12-13-8-10-16-11-9-13/h8-11,14H,2-7,12,15H2,1H3. The molecule has 0 amide bonds. The Morgan fingerprint density at radius 2 is 1.81 bits per heavy atom. The topological polar surface area (TPSA) is 38.9 Å². The van der Waals surface area contributed by atoms with Gasteiger partial charge in [0, 0.05) is 18.4 Å². The number of pyridine rings is 1. The van der Waals surface area contributed by atoms with Crippen molar-refractivity contribution in [1.29, 1.82) is 0 Å². The lowest BCUT2D eigenvalue weighted by Crippen LogP contribution is -2.22. The van der Waals surface area contributed by atoms with Crippen LogP contribution in [0.1, 0.15) is 51.0 Å². The van der Waals surface area contributed by atoms with Gasteiger partial charge in [-0.1, -0.05) is 39.0 Å². The van der Waals surface area contributed by atoms with Gasteiger partial charge in [0.25, 0.3) is 0 Å². The summed E-state index contributed by atoms with van der Waals surface area (Å²) >= 11 is 0. The van der Waals surface area contributed by atoms with Crippen LogP contribution in [0, 0.1) is 0 Å². The molecular formula is C14H24N2. The van der Waals surface area contributed by atoms with E-state index in [9.17, 15) is 0 Å². The maximum atomic E-state index is 6.10. The Hall–Kier alpha value is -0.890. The molecule has 0 aromatic carbocycles. The van der Waals surface area contributed by atoms with Gasteiger partial charge in [-0.05, 0) is 30.5 Å². The average molecular weight is 220 g/mol. The molecule has 0 spiro atoms. The van der Waals surface area contributed by atoms with Gasteiger partial charge in [0.05, 0.1) is 0 Å². The second kappa shape index (κ2) is 8.28. The van der Waals surface area contributed by atoms with E-state index in [1.165, 1.54) is 37.7 Å². The Kier molecular flexibility index (Phi) is 6.82. The molecule has 2 N–H and O–H groups in total. The predicted molar refractivity (Wildman–Crippen MR) is 69.3 cm³/mol. The van der Waals surface area contributed by atoms with Gasteiger partial charge >= 0.3 is 0 Å². The van der Waals surface area contributed by atoms with E-state index in [1.54, 1.807) is 0 Å². The third kappa shape index (κ3) is 5.86. The fourth-order valence-corrected chi connectivity index (χ4v) is 1.93. The Balaban J connectivity index is 2.09. The molecule has 0 aliphatic rings. The van der Waals surface area contributed by atoms with Gasteiger partial charge in [0.2, 0.25) is 0 Å². The molecule has 0 saturated heterocycles.